The summed E-state index contributed by atoms with van der Waals surface area (Å²) < 4.78 is 0. The standard InChI is InChI=1S/C13H25N2/c1-2-7-11-15(12-8-3-1)13-9-5-4-6-10-14-13/h13H,1-12H2. The average Bonchev–Trinajstić information content (AvgIpc) is 2.45. The van der Waals surface area contributed by atoms with Gasteiger partial charge in [-0.05, 0) is 38.8 Å². The van der Waals surface area contributed by atoms with Gasteiger partial charge >= 0.3 is 0 Å². The second-order valence-electron chi connectivity index (χ2n) is 5.04. The molecule has 0 aromatic carbocycles. The quantitative estimate of drug-likeness (QED) is 0.649. The molecule has 1 atom stereocenters. The van der Waals surface area contributed by atoms with Crippen LogP contribution in [0.3, 0.4) is 0 Å². The van der Waals surface area contributed by atoms with Crippen molar-refractivity contribution in [3.8, 4) is 0 Å². The third-order valence-electron chi connectivity index (χ3n) is 3.77. The Hall–Kier alpha value is -0.0800. The first kappa shape index (κ1) is 11.4. The van der Waals surface area contributed by atoms with E-state index in [1.807, 2.05) is 0 Å². The first-order valence-corrected chi connectivity index (χ1v) is 6.87. The van der Waals surface area contributed by atoms with Crippen LogP contribution in [0.15, 0.2) is 0 Å². The highest BCUT2D eigenvalue weighted by molar-refractivity contribution is 4.73. The third-order valence-corrected chi connectivity index (χ3v) is 3.77. The van der Waals surface area contributed by atoms with E-state index in [0.717, 1.165) is 6.54 Å². The largest absolute Gasteiger partial charge is 0.287 e. The van der Waals surface area contributed by atoms with Gasteiger partial charge in [-0.25, -0.2) is 5.32 Å². The second-order valence-corrected chi connectivity index (χ2v) is 5.04. The van der Waals surface area contributed by atoms with E-state index in [4.69, 9.17) is 5.32 Å². The van der Waals surface area contributed by atoms with Crippen LogP contribution in [0.1, 0.15) is 57.8 Å². The summed E-state index contributed by atoms with van der Waals surface area (Å²) in [6.45, 7) is 3.71. The van der Waals surface area contributed by atoms with E-state index in [0.29, 0.717) is 6.17 Å². The summed E-state index contributed by atoms with van der Waals surface area (Å²) in [5, 5.41) is 4.85. The summed E-state index contributed by atoms with van der Waals surface area (Å²) in [6, 6.07) is 0. The lowest BCUT2D eigenvalue weighted by molar-refractivity contribution is 0.144. The smallest absolute Gasteiger partial charge is 0.0760 e. The minimum atomic E-state index is 0.575. The zero-order valence-corrected chi connectivity index (χ0v) is 9.96. The minimum Gasteiger partial charge on any atom is -0.287 e. The molecule has 2 nitrogen and oxygen atoms in total. The van der Waals surface area contributed by atoms with Crippen LogP contribution in [-0.4, -0.2) is 30.7 Å². The van der Waals surface area contributed by atoms with Crippen molar-refractivity contribution in [1.29, 1.82) is 0 Å². The lowest BCUT2D eigenvalue weighted by atomic mass is 10.1. The summed E-state index contributed by atoms with van der Waals surface area (Å²) in [6.07, 6.45) is 13.1. The van der Waals surface area contributed by atoms with Gasteiger partial charge in [0.25, 0.3) is 0 Å². The van der Waals surface area contributed by atoms with Gasteiger partial charge in [0, 0.05) is 6.54 Å². The normalized spacial score (nSPS) is 31.6. The molecule has 2 heteroatoms. The minimum absolute atomic E-state index is 0.575. The molecule has 0 aromatic heterocycles. The molecule has 0 saturated carbocycles. The molecule has 0 amide bonds. The predicted octanol–water partition coefficient (Wildman–Crippen LogP) is 2.76. The van der Waals surface area contributed by atoms with Crippen LogP contribution >= 0.6 is 0 Å². The van der Waals surface area contributed by atoms with Gasteiger partial charge in [-0.1, -0.05) is 32.1 Å². The van der Waals surface area contributed by atoms with E-state index in [-0.39, 0.29) is 0 Å². The van der Waals surface area contributed by atoms with E-state index in [1.165, 1.54) is 70.9 Å². The van der Waals surface area contributed by atoms with Crippen LogP contribution in [0.25, 0.3) is 0 Å². The van der Waals surface area contributed by atoms with Crippen molar-refractivity contribution < 1.29 is 0 Å². The molecule has 2 fully saturated rings. The molecule has 0 bridgehead atoms. The van der Waals surface area contributed by atoms with Crippen LogP contribution in [0.2, 0.25) is 0 Å². The molecule has 1 radical (unpaired) electrons. The molecule has 87 valence electrons. The van der Waals surface area contributed by atoms with Gasteiger partial charge in [-0.3, -0.25) is 4.90 Å². The first-order chi connectivity index (χ1) is 7.47. The van der Waals surface area contributed by atoms with Gasteiger partial charge in [-0.2, -0.15) is 0 Å². The van der Waals surface area contributed by atoms with E-state index >= 15 is 0 Å². The maximum Gasteiger partial charge on any atom is 0.0760 e. The highest BCUT2D eigenvalue weighted by Crippen LogP contribution is 2.17. The lowest BCUT2D eigenvalue weighted by Crippen LogP contribution is -2.43. The SMILES string of the molecule is C1CCCN(C2CCCCC[N]2)CCC1. The maximum absolute atomic E-state index is 4.85. The van der Waals surface area contributed by atoms with Crippen LogP contribution in [-0.2, 0) is 0 Å². The van der Waals surface area contributed by atoms with E-state index in [1.54, 1.807) is 0 Å². The van der Waals surface area contributed by atoms with Gasteiger partial charge in [0.05, 0.1) is 6.17 Å². The maximum atomic E-state index is 4.85. The van der Waals surface area contributed by atoms with E-state index < -0.39 is 0 Å². The zero-order valence-electron chi connectivity index (χ0n) is 9.96. The number of rotatable bonds is 1. The Labute approximate surface area is 94.4 Å². The molecule has 2 saturated heterocycles. The lowest BCUT2D eigenvalue weighted by Gasteiger charge is -2.31. The molecule has 2 heterocycles. The third kappa shape index (κ3) is 3.76. The number of likely N-dealkylation sites (tertiary alicyclic amines) is 1. The fourth-order valence-corrected chi connectivity index (χ4v) is 2.82. The Bertz CT molecular complexity index is 154. The van der Waals surface area contributed by atoms with E-state index in [2.05, 4.69) is 4.90 Å². The summed E-state index contributed by atoms with van der Waals surface area (Å²) in [4.78, 5) is 2.66. The van der Waals surface area contributed by atoms with Crippen molar-refractivity contribution >= 4 is 0 Å². The fourth-order valence-electron chi connectivity index (χ4n) is 2.82. The molecular weight excluding hydrogens is 184 g/mol. The molecule has 0 N–H and O–H groups in total. The molecule has 2 aliphatic heterocycles. The molecule has 15 heavy (non-hydrogen) atoms. The van der Waals surface area contributed by atoms with Crippen LogP contribution in [0, 0.1) is 0 Å². The van der Waals surface area contributed by atoms with Crippen LogP contribution in [0.5, 0.6) is 0 Å². The van der Waals surface area contributed by atoms with Gasteiger partial charge in [-0.15, -0.1) is 0 Å². The summed E-state index contributed by atoms with van der Waals surface area (Å²) in [5.41, 5.74) is 0. The number of nitrogens with zero attached hydrogens (tertiary/aromatic N) is 2. The van der Waals surface area contributed by atoms with Crippen molar-refractivity contribution in [1.82, 2.24) is 10.2 Å². The Morgan fingerprint density at radius 2 is 1.40 bits per heavy atom. The zero-order chi connectivity index (χ0) is 10.3. The van der Waals surface area contributed by atoms with E-state index in [9.17, 15) is 0 Å². The topological polar surface area (TPSA) is 17.3 Å². The molecule has 0 aliphatic carbocycles. The number of hydrogen-bond acceptors (Lipinski definition) is 1. The fraction of sp³-hybridized carbons (Fsp3) is 1.00. The van der Waals surface area contributed by atoms with Crippen molar-refractivity contribution in [2.75, 3.05) is 19.6 Å². The second kappa shape index (κ2) is 6.49. The highest BCUT2D eigenvalue weighted by Gasteiger charge is 2.20. The molecular formula is C13H25N2. The Kier molecular flexibility index (Phi) is 4.94. The summed E-state index contributed by atoms with van der Waals surface area (Å²) >= 11 is 0. The van der Waals surface area contributed by atoms with Crippen molar-refractivity contribution in [3.63, 3.8) is 0 Å². The summed E-state index contributed by atoms with van der Waals surface area (Å²) in [7, 11) is 0. The average molecular weight is 209 g/mol. The van der Waals surface area contributed by atoms with Gasteiger partial charge in [0.15, 0.2) is 0 Å². The molecule has 2 aliphatic rings. The van der Waals surface area contributed by atoms with Crippen LogP contribution in [0.4, 0.5) is 0 Å². The molecule has 0 aromatic rings. The van der Waals surface area contributed by atoms with Crippen molar-refractivity contribution in [2.45, 2.75) is 64.0 Å². The van der Waals surface area contributed by atoms with Crippen molar-refractivity contribution in [2.24, 2.45) is 0 Å². The Balaban J connectivity index is 1.82. The molecule has 0 spiro atoms. The van der Waals surface area contributed by atoms with Gasteiger partial charge in [0.1, 0.15) is 0 Å². The molecule has 1 unspecified atom stereocenters. The van der Waals surface area contributed by atoms with Crippen molar-refractivity contribution in [3.05, 3.63) is 0 Å². The Morgan fingerprint density at radius 1 is 0.733 bits per heavy atom. The number of hydrogen-bond donors (Lipinski definition) is 0. The summed E-state index contributed by atoms with van der Waals surface area (Å²) in [5.74, 6) is 0. The van der Waals surface area contributed by atoms with Gasteiger partial charge in [0.2, 0.25) is 0 Å². The predicted molar refractivity (Wildman–Crippen MR) is 63.9 cm³/mol. The van der Waals surface area contributed by atoms with Gasteiger partial charge < -0.3 is 0 Å². The highest BCUT2D eigenvalue weighted by atomic mass is 15.3. The first-order valence-electron chi connectivity index (χ1n) is 6.87. The van der Waals surface area contributed by atoms with Crippen LogP contribution < -0.4 is 5.32 Å². The molecule has 2 rings (SSSR count). The monoisotopic (exact) mass is 209 g/mol. The Morgan fingerprint density at radius 3 is 2.20 bits per heavy atom.